The number of Topliss-reactive ketones (excluding diaryl/α,β-unsaturated/α-hetero) is 2. The number of carbonyl (C=O) groups is 2. The molecule has 0 bridgehead atoms. The van der Waals surface area contributed by atoms with Crippen molar-refractivity contribution < 1.29 is 23.8 Å². The molecule has 12 heterocycles. The summed E-state index contributed by atoms with van der Waals surface area (Å²) in [4.78, 5) is 79.7. The van der Waals surface area contributed by atoms with Crippen LogP contribution in [0.2, 0.25) is 0 Å². The number of nitrogens with two attached hydrogens (primary N) is 4. The highest BCUT2D eigenvalue weighted by Crippen LogP contribution is 2.41. The molecule has 8 aliphatic heterocycles. The average Bonchev–Trinajstić information content (AvgIpc) is 1.39. The second-order valence-electron chi connectivity index (χ2n) is 36.1. The van der Waals surface area contributed by atoms with Gasteiger partial charge in [-0.05, 0) is 195 Å². The standard InChI is InChI=1S/C27H37N5O2.2C25H35N5O.C24H34N6O/c1-4-5-13-34-27-29-25(28)24-14-19(2)16-32(26(24)30-27)18-22-8-6-7-21(15-22)17-31-11-9-23(10-12-31)20(3)33;1-4-5-14-31-25-27-23(26)22-15-18(2)16-30(24(22)28-25)19(3)21-10-8-20(9-11-21)17-29-12-6-7-13-29;1-4-5-13-31-25-27-23(26)22-14-18(2)16-30(24(22)28-25)19(3)21-10-8-9-20(15-21)17-29-11-6-7-12-29;1-2-3-10-26-24-27-22(25)21-15-20(31)9-13-30(23(21)28-24)17-19-8-6-7-18(14-19)16-29-11-4-5-12-29/h6-8,15,23H,2,4-5,9-14,16-18H2,1,3H3,(H2,28,29,30);8-11,19H,2,4-7,12-17H2,1,3H3,(H2,26,27,28);8-10,15,19H,2,4-7,11-14,16-17H2,1,3H3,(H2,26,27,28);6-8,14H,2-5,9-13,15-17H2,1H3,(H3,25,26,27,28). The molecule has 16 rings (SSSR count). The highest BCUT2D eigenvalue weighted by molar-refractivity contribution is 5.86. The van der Waals surface area contributed by atoms with E-state index in [1.165, 1.54) is 122 Å². The van der Waals surface area contributed by atoms with Crippen molar-refractivity contribution in [1.29, 1.82) is 0 Å². The lowest BCUT2D eigenvalue weighted by atomic mass is 9.93. The quantitative estimate of drug-likeness (QED) is 0.0188. The van der Waals surface area contributed by atoms with Gasteiger partial charge >= 0.3 is 18.0 Å². The van der Waals surface area contributed by atoms with Crippen molar-refractivity contribution in [3.63, 3.8) is 0 Å². The highest BCUT2D eigenvalue weighted by atomic mass is 16.5. The molecule has 0 radical (unpaired) electrons. The smallest absolute Gasteiger partial charge is 0.320 e. The topological polar surface area (TPSA) is 307 Å². The van der Waals surface area contributed by atoms with Gasteiger partial charge in [0.05, 0.1) is 31.9 Å². The maximum atomic E-state index is 12.4. The summed E-state index contributed by atoms with van der Waals surface area (Å²) in [5.41, 5.74) is 42.5. The lowest BCUT2D eigenvalue weighted by Gasteiger charge is -2.36. The van der Waals surface area contributed by atoms with E-state index in [-0.39, 0.29) is 23.8 Å². The van der Waals surface area contributed by atoms with E-state index in [4.69, 9.17) is 57.1 Å². The predicted octanol–water partition coefficient (Wildman–Crippen LogP) is 16.6. The van der Waals surface area contributed by atoms with Crippen molar-refractivity contribution in [3.8, 4) is 18.0 Å². The van der Waals surface area contributed by atoms with Crippen LogP contribution in [0.3, 0.4) is 0 Å². The lowest BCUT2D eigenvalue weighted by Crippen LogP contribution is -2.35. The maximum absolute atomic E-state index is 12.4. The van der Waals surface area contributed by atoms with E-state index in [1.54, 1.807) is 6.92 Å². The van der Waals surface area contributed by atoms with Gasteiger partial charge in [0.15, 0.2) is 0 Å². The first-order chi connectivity index (χ1) is 61.6. The van der Waals surface area contributed by atoms with E-state index >= 15 is 0 Å². The average molecular weight is 1730 g/mol. The summed E-state index contributed by atoms with van der Waals surface area (Å²) in [6.45, 7) is 47.5. The first kappa shape index (κ1) is 93.8. The molecule has 9 N–H and O–H groups in total. The fourth-order valence-corrected chi connectivity index (χ4v) is 18.3. The number of carbonyl (C=O) groups excluding carboxylic acids is 2. The Morgan fingerprint density at radius 1 is 0.425 bits per heavy atom. The minimum Gasteiger partial charge on any atom is -0.463 e. The number of nitrogens with one attached hydrogen (secondary N) is 1. The molecule has 26 nitrogen and oxygen atoms in total. The van der Waals surface area contributed by atoms with E-state index in [0.29, 0.717) is 118 Å². The molecule has 4 fully saturated rings. The molecule has 0 amide bonds. The van der Waals surface area contributed by atoms with Crippen LogP contribution in [0, 0.1) is 5.92 Å². The molecule has 0 aliphatic carbocycles. The Hall–Kier alpha value is -10.8. The van der Waals surface area contributed by atoms with E-state index in [9.17, 15) is 9.59 Å². The van der Waals surface area contributed by atoms with E-state index in [0.717, 1.165) is 198 Å². The zero-order valence-corrected chi connectivity index (χ0v) is 77.0. The maximum Gasteiger partial charge on any atom is 0.320 e. The number of anilines is 9. The number of fused-ring (bicyclic) bond motifs is 4. The van der Waals surface area contributed by atoms with Gasteiger partial charge in [-0.25, -0.2) is 0 Å². The minimum atomic E-state index is 0.145. The molecular formula is C101H141N21O5. The van der Waals surface area contributed by atoms with Crippen LogP contribution in [0.1, 0.15) is 236 Å². The summed E-state index contributed by atoms with van der Waals surface area (Å²) in [6, 6.07) is 36.9. The van der Waals surface area contributed by atoms with Gasteiger partial charge < -0.3 is 62.1 Å². The van der Waals surface area contributed by atoms with Gasteiger partial charge in [0.1, 0.15) is 58.1 Å². The van der Waals surface area contributed by atoms with Crippen molar-refractivity contribution in [3.05, 3.63) is 200 Å². The van der Waals surface area contributed by atoms with Gasteiger partial charge in [-0.15, -0.1) is 0 Å². The van der Waals surface area contributed by atoms with Crippen LogP contribution in [0.4, 0.5) is 52.5 Å². The fraction of sp³-hybridized carbons (Fsp3) is 0.525. The first-order valence-electron chi connectivity index (χ1n) is 47.2. The molecule has 2 unspecified atom stereocenters. The molecule has 2 atom stereocenters. The van der Waals surface area contributed by atoms with Crippen LogP contribution < -0.4 is 62.1 Å². The number of likely N-dealkylation sites (tertiary alicyclic amines) is 4. The Bertz CT molecular complexity index is 4980. The van der Waals surface area contributed by atoms with Crippen LogP contribution in [0.25, 0.3) is 0 Å². The summed E-state index contributed by atoms with van der Waals surface area (Å²) in [5.74, 6) is 6.58. The highest BCUT2D eigenvalue weighted by Gasteiger charge is 2.34. The third-order valence-electron chi connectivity index (χ3n) is 25.6. The Balaban J connectivity index is 0.000000145. The van der Waals surface area contributed by atoms with Crippen LogP contribution in [-0.4, -0.2) is 176 Å². The summed E-state index contributed by atoms with van der Waals surface area (Å²) in [6.07, 6.45) is 21.0. The monoisotopic (exact) mass is 1730 g/mol. The van der Waals surface area contributed by atoms with Crippen molar-refractivity contribution in [2.45, 2.75) is 235 Å². The van der Waals surface area contributed by atoms with Gasteiger partial charge in [0, 0.05) is 132 Å². The van der Waals surface area contributed by atoms with E-state index in [1.807, 2.05) is 0 Å². The summed E-state index contributed by atoms with van der Waals surface area (Å²) >= 11 is 0. The van der Waals surface area contributed by atoms with Crippen molar-refractivity contribution in [2.24, 2.45) is 5.92 Å². The molecule has 4 aromatic carbocycles. The third kappa shape index (κ3) is 26.2. The Kier molecular flexibility index (Phi) is 34.2. The number of rotatable bonds is 33. The number of ether oxygens (including phenoxy) is 3. The van der Waals surface area contributed by atoms with Gasteiger partial charge in [-0.3, -0.25) is 29.2 Å². The van der Waals surface area contributed by atoms with Crippen LogP contribution in [-0.2, 0) is 74.5 Å². The molecule has 680 valence electrons. The van der Waals surface area contributed by atoms with Crippen molar-refractivity contribution in [1.82, 2.24) is 59.5 Å². The number of nitrogens with zero attached hydrogens (tertiary/aromatic N) is 16. The molecule has 4 aromatic heterocycles. The van der Waals surface area contributed by atoms with Crippen LogP contribution in [0.5, 0.6) is 18.0 Å². The minimum absolute atomic E-state index is 0.145. The van der Waals surface area contributed by atoms with Gasteiger partial charge in [-0.1, -0.05) is 187 Å². The largest absolute Gasteiger partial charge is 0.463 e. The van der Waals surface area contributed by atoms with Gasteiger partial charge in [0.25, 0.3) is 0 Å². The molecule has 127 heavy (non-hydrogen) atoms. The molecule has 0 spiro atoms. The van der Waals surface area contributed by atoms with Gasteiger partial charge in [0.2, 0.25) is 5.95 Å². The predicted molar refractivity (Wildman–Crippen MR) is 514 cm³/mol. The zero-order chi connectivity index (χ0) is 89.3. The number of ketones is 2. The van der Waals surface area contributed by atoms with Crippen molar-refractivity contribution >= 4 is 64.1 Å². The van der Waals surface area contributed by atoms with Crippen LogP contribution >= 0.6 is 0 Å². The molecule has 0 saturated carbocycles. The van der Waals surface area contributed by atoms with Crippen molar-refractivity contribution in [2.75, 3.05) is 153 Å². The Morgan fingerprint density at radius 2 is 0.811 bits per heavy atom. The number of piperidine rings is 1. The number of hydrogen-bond acceptors (Lipinski definition) is 26. The summed E-state index contributed by atoms with van der Waals surface area (Å²) in [7, 11) is 0. The molecule has 26 heteroatoms. The number of unbranched alkanes of at least 4 members (excludes halogenated alkanes) is 4. The molecule has 4 saturated heterocycles. The lowest BCUT2D eigenvalue weighted by molar-refractivity contribution is -0.122. The first-order valence-corrected chi connectivity index (χ1v) is 47.2. The normalized spacial score (nSPS) is 17.3. The number of benzene rings is 4. The summed E-state index contributed by atoms with van der Waals surface area (Å²) < 4.78 is 17.3. The SMILES string of the molecule is C=C1Cc2c(N)nc(OCCCC)nc2N(C(C)c2ccc(CN3CCCC3)cc2)C1.C=C1Cc2c(N)nc(OCCCC)nc2N(C(C)c2cccc(CN3CCCC3)c2)C1.C=C1Cc2c(N)nc(OCCCC)nc2N(Cc2cccc(CN3CCC(C(C)=O)CC3)c2)C1.CCCCNc1nc(N)c2c(n1)N(Cc1cccc(CN3CCCC3)c1)CCC(=O)C2. The van der Waals surface area contributed by atoms with Crippen LogP contribution in [0.15, 0.2) is 134 Å². The molecular weight excluding hydrogens is 1590 g/mol. The van der Waals surface area contributed by atoms with Gasteiger partial charge in [-0.2, -0.15) is 39.9 Å². The third-order valence-corrected chi connectivity index (χ3v) is 25.6. The number of nitrogen functional groups attached to an aromatic ring is 4. The fourth-order valence-electron chi connectivity index (χ4n) is 18.3. The molecule has 8 aromatic rings. The second-order valence-corrected chi connectivity index (χ2v) is 36.1. The zero-order valence-electron chi connectivity index (χ0n) is 77.0. The number of hydrogen-bond donors (Lipinski definition) is 5. The Labute approximate surface area is 754 Å². The summed E-state index contributed by atoms with van der Waals surface area (Å²) in [5, 5.41) is 3.28. The second kappa shape index (κ2) is 46.3. The van der Waals surface area contributed by atoms with E-state index in [2.05, 4.69) is 223 Å². The molecule has 8 aliphatic rings. The van der Waals surface area contributed by atoms with E-state index < -0.39 is 0 Å². The number of aromatic nitrogens is 8. The Morgan fingerprint density at radius 3 is 1.28 bits per heavy atom.